The topological polar surface area (TPSA) is 74.7 Å². The van der Waals surface area contributed by atoms with Crippen molar-refractivity contribution >= 4 is 22.6 Å². The van der Waals surface area contributed by atoms with E-state index in [0.717, 1.165) is 16.5 Å². The van der Waals surface area contributed by atoms with E-state index in [1.165, 1.54) is 0 Å². The highest BCUT2D eigenvalue weighted by Gasteiger charge is 2.29. The summed E-state index contributed by atoms with van der Waals surface area (Å²) in [5.41, 5.74) is 1.74. The average molecular weight is 302 g/mol. The SMILES string of the molecule is C/C(CC(C(=O)OC(C)(C)C)c1c[nH]c2ccccc12)=N\O. The molecule has 0 spiro atoms. The number of aromatic nitrogens is 1. The number of H-pyrrole nitrogens is 1. The number of rotatable bonds is 4. The minimum Gasteiger partial charge on any atom is -0.459 e. The average Bonchev–Trinajstić information content (AvgIpc) is 2.86. The highest BCUT2D eigenvalue weighted by Crippen LogP contribution is 2.30. The number of nitrogens with zero attached hydrogens (tertiary/aromatic N) is 1. The molecule has 0 saturated heterocycles. The second kappa shape index (κ2) is 6.22. The van der Waals surface area contributed by atoms with Crippen molar-refractivity contribution in [1.29, 1.82) is 0 Å². The molecule has 1 aromatic heterocycles. The van der Waals surface area contributed by atoms with Crippen LogP contribution in [0.3, 0.4) is 0 Å². The standard InChI is InChI=1S/C17H22N2O3/c1-11(19-21)9-13(16(20)22-17(2,3)4)14-10-18-15-8-6-5-7-12(14)15/h5-8,10,13,18,21H,9H2,1-4H3/b19-11+. The predicted octanol–water partition coefficient (Wildman–Crippen LogP) is 3.83. The molecule has 1 unspecified atom stereocenters. The molecule has 0 saturated carbocycles. The Labute approximate surface area is 130 Å². The van der Waals surface area contributed by atoms with Crippen LogP contribution in [-0.4, -0.2) is 27.5 Å². The van der Waals surface area contributed by atoms with E-state index < -0.39 is 11.5 Å². The van der Waals surface area contributed by atoms with Gasteiger partial charge in [0.05, 0.1) is 11.6 Å². The number of fused-ring (bicyclic) bond motifs is 1. The third kappa shape index (κ3) is 3.67. The number of ether oxygens (including phenoxy) is 1. The Kier molecular flexibility index (Phi) is 4.54. The number of benzene rings is 1. The summed E-state index contributed by atoms with van der Waals surface area (Å²) >= 11 is 0. The maximum absolute atomic E-state index is 12.6. The highest BCUT2D eigenvalue weighted by molar-refractivity contribution is 5.94. The lowest BCUT2D eigenvalue weighted by molar-refractivity contribution is -0.156. The van der Waals surface area contributed by atoms with Gasteiger partial charge in [0.2, 0.25) is 0 Å². The van der Waals surface area contributed by atoms with Gasteiger partial charge in [-0.15, -0.1) is 0 Å². The molecule has 0 aliphatic carbocycles. The smallest absolute Gasteiger partial charge is 0.314 e. The van der Waals surface area contributed by atoms with Crippen molar-refractivity contribution < 1.29 is 14.7 Å². The molecular weight excluding hydrogens is 280 g/mol. The van der Waals surface area contributed by atoms with Gasteiger partial charge in [-0.3, -0.25) is 4.79 Å². The summed E-state index contributed by atoms with van der Waals surface area (Å²) < 4.78 is 5.53. The molecule has 2 N–H and O–H groups in total. The molecular formula is C17H22N2O3. The third-order valence-corrected chi connectivity index (χ3v) is 3.36. The number of hydrogen-bond acceptors (Lipinski definition) is 4. The van der Waals surface area contributed by atoms with Crippen LogP contribution < -0.4 is 0 Å². The molecule has 1 heterocycles. The van der Waals surface area contributed by atoms with Crippen molar-refractivity contribution in [3.05, 3.63) is 36.0 Å². The van der Waals surface area contributed by atoms with E-state index in [0.29, 0.717) is 12.1 Å². The van der Waals surface area contributed by atoms with E-state index in [1.807, 2.05) is 51.2 Å². The zero-order chi connectivity index (χ0) is 16.3. The number of esters is 1. The summed E-state index contributed by atoms with van der Waals surface area (Å²) in [7, 11) is 0. The fourth-order valence-electron chi connectivity index (χ4n) is 2.41. The molecule has 0 fully saturated rings. The molecule has 0 aliphatic heterocycles. The molecule has 0 radical (unpaired) electrons. The molecule has 5 heteroatoms. The number of carbonyl (C=O) groups is 1. The number of nitrogens with one attached hydrogen (secondary N) is 1. The Bertz CT molecular complexity index is 695. The second-order valence-electron chi connectivity index (χ2n) is 6.42. The van der Waals surface area contributed by atoms with Crippen molar-refractivity contribution in [2.75, 3.05) is 0 Å². The minimum atomic E-state index is -0.564. The first-order valence-corrected chi connectivity index (χ1v) is 7.28. The van der Waals surface area contributed by atoms with E-state index in [9.17, 15) is 4.79 Å². The monoisotopic (exact) mass is 302 g/mol. The zero-order valence-corrected chi connectivity index (χ0v) is 13.4. The Hall–Kier alpha value is -2.30. The van der Waals surface area contributed by atoms with Gasteiger partial charge in [-0.2, -0.15) is 0 Å². The minimum absolute atomic E-state index is 0.313. The molecule has 2 rings (SSSR count). The summed E-state index contributed by atoms with van der Waals surface area (Å²) in [6, 6.07) is 7.78. The van der Waals surface area contributed by atoms with Gasteiger partial charge >= 0.3 is 5.97 Å². The van der Waals surface area contributed by atoms with Gasteiger partial charge in [-0.25, -0.2) is 0 Å². The largest absolute Gasteiger partial charge is 0.459 e. The van der Waals surface area contributed by atoms with Crippen LogP contribution in [-0.2, 0) is 9.53 Å². The number of hydrogen-bond donors (Lipinski definition) is 2. The van der Waals surface area contributed by atoms with E-state index in [4.69, 9.17) is 9.94 Å². The first-order valence-electron chi connectivity index (χ1n) is 7.28. The normalized spacial score (nSPS) is 14.1. The molecule has 2 aromatic rings. The fourth-order valence-corrected chi connectivity index (χ4v) is 2.41. The van der Waals surface area contributed by atoms with Gasteiger partial charge in [0.25, 0.3) is 0 Å². The summed E-state index contributed by atoms with van der Waals surface area (Å²) in [6.45, 7) is 7.20. The van der Waals surface area contributed by atoms with Crippen molar-refractivity contribution in [1.82, 2.24) is 4.98 Å². The molecule has 0 bridgehead atoms. The van der Waals surface area contributed by atoms with Crippen molar-refractivity contribution in [2.24, 2.45) is 5.16 Å². The maximum Gasteiger partial charge on any atom is 0.314 e. The molecule has 0 amide bonds. The summed E-state index contributed by atoms with van der Waals surface area (Å²) in [6.07, 6.45) is 2.14. The van der Waals surface area contributed by atoms with Crippen molar-refractivity contribution in [3.8, 4) is 0 Å². The predicted molar refractivity (Wildman–Crippen MR) is 86.4 cm³/mol. The molecule has 118 valence electrons. The summed E-state index contributed by atoms with van der Waals surface area (Å²) in [5, 5.41) is 13.1. The lowest BCUT2D eigenvalue weighted by atomic mass is 9.93. The van der Waals surface area contributed by atoms with Gasteiger partial charge in [0.1, 0.15) is 5.60 Å². The number of para-hydroxylation sites is 1. The lowest BCUT2D eigenvalue weighted by Crippen LogP contribution is -2.28. The van der Waals surface area contributed by atoms with Gasteiger partial charge in [0, 0.05) is 23.5 Å². The molecule has 1 aromatic carbocycles. The van der Waals surface area contributed by atoms with Crippen LogP contribution in [0.2, 0.25) is 0 Å². The van der Waals surface area contributed by atoms with Crippen LogP contribution in [0.25, 0.3) is 10.9 Å². The van der Waals surface area contributed by atoms with E-state index in [-0.39, 0.29) is 5.97 Å². The van der Waals surface area contributed by atoms with Crippen molar-refractivity contribution in [2.45, 2.75) is 45.6 Å². The first-order chi connectivity index (χ1) is 10.3. The number of carbonyl (C=O) groups excluding carboxylic acids is 1. The van der Waals surface area contributed by atoms with Crippen LogP contribution in [0.5, 0.6) is 0 Å². The Balaban J connectivity index is 2.42. The first kappa shape index (κ1) is 16.1. The van der Waals surface area contributed by atoms with Crippen LogP contribution >= 0.6 is 0 Å². The summed E-state index contributed by atoms with van der Waals surface area (Å²) in [5.74, 6) is -0.827. The van der Waals surface area contributed by atoms with E-state index in [2.05, 4.69) is 10.1 Å². The van der Waals surface area contributed by atoms with Crippen molar-refractivity contribution in [3.63, 3.8) is 0 Å². The maximum atomic E-state index is 12.6. The lowest BCUT2D eigenvalue weighted by Gasteiger charge is -2.23. The highest BCUT2D eigenvalue weighted by atomic mass is 16.6. The Morgan fingerprint density at radius 3 is 2.68 bits per heavy atom. The van der Waals surface area contributed by atoms with E-state index >= 15 is 0 Å². The Morgan fingerprint density at radius 2 is 2.05 bits per heavy atom. The zero-order valence-electron chi connectivity index (χ0n) is 13.4. The Morgan fingerprint density at radius 1 is 1.36 bits per heavy atom. The van der Waals surface area contributed by atoms with Crippen LogP contribution in [0.1, 0.15) is 45.6 Å². The molecule has 0 aliphatic rings. The third-order valence-electron chi connectivity index (χ3n) is 3.36. The van der Waals surface area contributed by atoms with Crippen LogP contribution in [0, 0.1) is 0 Å². The summed E-state index contributed by atoms with van der Waals surface area (Å²) in [4.78, 5) is 15.7. The molecule has 22 heavy (non-hydrogen) atoms. The molecule has 1 atom stereocenters. The number of aromatic amines is 1. The quantitative estimate of drug-likeness (QED) is 0.390. The fraction of sp³-hybridized carbons (Fsp3) is 0.412. The number of oxime groups is 1. The van der Waals surface area contributed by atoms with Crippen LogP contribution in [0.4, 0.5) is 0 Å². The van der Waals surface area contributed by atoms with E-state index in [1.54, 1.807) is 6.92 Å². The van der Waals surface area contributed by atoms with Gasteiger partial charge in [-0.1, -0.05) is 23.4 Å². The molecule has 5 nitrogen and oxygen atoms in total. The second-order valence-corrected chi connectivity index (χ2v) is 6.42. The van der Waals surface area contributed by atoms with Gasteiger partial charge < -0.3 is 14.9 Å². The van der Waals surface area contributed by atoms with Gasteiger partial charge in [0.15, 0.2) is 0 Å². The van der Waals surface area contributed by atoms with Gasteiger partial charge in [-0.05, 0) is 39.3 Å². The van der Waals surface area contributed by atoms with Crippen LogP contribution in [0.15, 0.2) is 35.6 Å².